The van der Waals surface area contributed by atoms with E-state index in [0.717, 1.165) is 44.5 Å². The van der Waals surface area contributed by atoms with E-state index in [9.17, 15) is 14.9 Å². The average molecular weight is 421 g/mol. The molecule has 0 fully saturated rings. The summed E-state index contributed by atoms with van der Waals surface area (Å²) in [5.74, 6) is -0.113. The van der Waals surface area contributed by atoms with E-state index in [1.807, 2.05) is 32.9 Å². The lowest BCUT2D eigenvalue weighted by molar-refractivity contribution is -0.384. The predicted octanol–water partition coefficient (Wildman–Crippen LogP) is 6.33. The van der Waals surface area contributed by atoms with E-state index in [0.29, 0.717) is 12.0 Å². The third-order valence-electron chi connectivity index (χ3n) is 5.78. The van der Waals surface area contributed by atoms with Crippen molar-refractivity contribution in [2.45, 2.75) is 52.9 Å². The SMILES string of the molecule is CC(C)(C)CC(=O)c1ccc(N=Nc2cc3c4c(c2)CCCN4CCC3)c([N+](=O)[O-])c1. The van der Waals surface area contributed by atoms with Crippen molar-refractivity contribution < 1.29 is 9.72 Å². The molecule has 0 saturated carbocycles. The van der Waals surface area contributed by atoms with Crippen LogP contribution in [0.3, 0.4) is 0 Å². The molecule has 4 rings (SSSR count). The fourth-order valence-electron chi connectivity index (χ4n) is 4.47. The van der Waals surface area contributed by atoms with Gasteiger partial charge in [-0.1, -0.05) is 20.8 Å². The summed E-state index contributed by atoms with van der Waals surface area (Å²) >= 11 is 0. The Morgan fingerprint density at radius 3 is 2.29 bits per heavy atom. The number of aryl methyl sites for hydroxylation is 2. The first kappa shape index (κ1) is 21.2. The highest BCUT2D eigenvalue weighted by Gasteiger charge is 2.25. The van der Waals surface area contributed by atoms with Crippen LogP contribution in [0.25, 0.3) is 0 Å². The van der Waals surface area contributed by atoms with E-state index in [4.69, 9.17) is 0 Å². The van der Waals surface area contributed by atoms with Crippen LogP contribution in [0.5, 0.6) is 0 Å². The number of benzene rings is 2. The second-order valence-corrected chi connectivity index (χ2v) is 9.63. The summed E-state index contributed by atoms with van der Waals surface area (Å²) in [6.07, 6.45) is 4.62. The fourth-order valence-corrected chi connectivity index (χ4v) is 4.47. The van der Waals surface area contributed by atoms with E-state index in [2.05, 4.69) is 15.1 Å². The van der Waals surface area contributed by atoms with Crippen LogP contribution >= 0.6 is 0 Å². The highest BCUT2D eigenvalue weighted by molar-refractivity contribution is 5.97. The van der Waals surface area contributed by atoms with Gasteiger partial charge in [-0.05, 0) is 66.5 Å². The number of azo groups is 1. The molecule has 2 aliphatic heterocycles. The zero-order valence-electron chi connectivity index (χ0n) is 18.4. The number of ketones is 1. The Labute approximate surface area is 182 Å². The molecule has 0 radical (unpaired) electrons. The van der Waals surface area contributed by atoms with Gasteiger partial charge in [0.1, 0.15) is 0 Å². The van der Waals surface area contributed by atoms with E-state index >= 15 is 0 Å². The Morgan fingerprint density at radius 2 is 1.71 bits per heavy atom. The maximum atomic E-state index is 12.5. The summed E-state index contributed by atoms with van der Waals surface area (Å²) in [6.45, 7) is 8.10. The van der Waals surface area contributed by atoms with E-state index in [1.54, 1.807) is 6.07 Å². The van der Waals surface area contributed by atoms with Gasteiger partial charge in [0.25, 0.3) is 5.69 Å². The number of carbonyl (C=O) groups is 1. The average Bonchev–Trinajstić information content (AvgIpc) is 2.71. The lowest BCUT2D eigenvalue weighted by Crippen LogP contribution is -2.34. The minimum atomic E-state index is -0.503. The fraction of sp³-hybridized carbons (Fsp3) is 0.458. The van der Waals surface area contributed by atoms with Crippen molar-refractivity contribution in [3.8, 4) is 0 Å². The molecule has 0 N–H and O–H groups in total. The molecule has 0 atom stereocenters. The van der Waals surface area contributed by atoms with Crippen LogP contribution < -0.4 is 4.90 Å². The predicted molar refractivity (Wildman–Crippen MR) is 121 cm³/mol. The number of nitro benzene ring substituents is 1. The third kappa shape index (κ3) is 4.65. The van der Waals surface area contributed by atoms with Crippen molar-refractivity contribution in [1.82, 2.24) is 0 Å². The topological polar surface area (TPSA) is 88.2 Å². The maximum Gasteiger partial charge on any atom is 0.297 e. The van der Waals surface area contributed by atoms with Gasteiger partial charge >= 0.3 is 0 Å². The Morgan fingerprint density at radius 1 is 1.06 bits per heavy atom. The van der Waals surface area contributed by atoms with Crippen LogP contribution in [0.4, 0.5) is 22.7 Å². The van der Waals surface area contributed by atoms with Gasteiger partial charge in [-0.25, -0.2) is 0 Å². The van der Waals surface area contributed by atoms with Crippen molar-refractivity contribution in [2.24, 2.45) is 15.6 Å². The Bertz CT molecular complexity index is 1040. The number of anilines is 1. The van der Waals surface area contributed by atoms with Gasteiger partial charge in [0.2, 0.25) is 0 Å². The molecule has 0 saturated heterocycles. The Kier molecular flexibility index (Phi) is 5.60. The monoisotopic (exact) mass is 420 g/mol. The summed E-state index contributed by atoms with van der Waals surface area (Å²) < 4.78 is 0. The van der Waals surface area contributed by atoms with Gasteiger partial charge < -0.3 is 4.90 Å². The molecule has 31 heavy (non-hydrogen) atoms. The summed E-state index contributed by atoms with van der Waals surface area (Å²) in [5.41, 5.74) is 4.75. The first-order valence-corrected chi connectivity index (χ1v) is 10.9. The van der Waals surface area contributed by atoms with Gasteiger partial charge in [0.05, 0.1) is 10.6 Å². The highest BCUT2D eigenvalue weighted by atomic mass is 16.6. The quantitative estimate of drug-likeness (QED) is 0.245. The molecule has 162 valence electrons. The molecule has 0 unspecified atom stereocenters. The highest BCUT2D eigenvalue weighted by Crippen LogP contribution is 2.39. The van der Waals surface area contributed by atoms with Crippen LogP contribution in [0.2, 0.25) is 0 Å². The van der Waals surface area contributed by atoms with Crippen LogP contribution in [0.15, 0.2) is 40.6 Å². The van der Waals surface area contributed by atoms with E-state index in [1.165, 1.54) is 28.9 Å². The Hall–Kier alpha value is -3.09. The number of hydrogen-bond donors (Lipinski definition) is 0. The number of nitro groups is 1. The molecular formula is C24H28N4O3. The Balaban J connectivity index is 1.63. The van der Waals surface area contributed by atoms with Crippen LogP contribution in [0.1, 0.15) is 61.5 Å². The first-order chi connectivity index (χ1) is 14.7. The van der Waals surface area contributed by atoms with Gasteiger partial charge in [-0.3, -0.25) is 14.9 Å². The molecule has 0 bridgehead atoms. The summed E-state index contributed by atoms with van der Waals surface area (Å²) in [7, 11) is 0. The second-order valence-electron chi connectivity index (χ2n) is 9.63. The van der Waals surface area contributed by atoms with Crippen LogP contribution in [0, 0.1) is 15.5 Å². The summed E-state index contributed by atoms with van der Waals surface area (Å²) in [6, 6.07) is 8.53. The van der Waals surface area contributed by atoms with Gasteiger partial charge in [0.15, 0.2) is 11.5 Å². The standard InChI is InChI=1S/C24H28N4O3/c1-24(2,3)15-22(29)16-8-9-20(21(14-16)28(30)31)26-25-19-12-17-6-4-10-27-11-5-7-18(13-19)23(17)27/h8-9,12-14H,4-7,10-11,15H2,1-3H3. The third-order valence-corrected chi connectivity index (χ3v) is 5.78. The zero-order valence-corrected chi connectivity index (χ0v) is 18.4. The number of hydrogen-bond acceptors (Lipinski definition) is 6. The molecule has 2 aliphatic rings. The summed E-state index contributed by atoms with van der Waals surface area (Å²) in [5, 5.41) is 20.1. The molecular weight excluding hydrogens is 392 g/mol. The lowest BCUT2D eigenvalue weighted by atomic mass is 9.88. The first-order valence-electron chi connectivity index (χ1n) is 10.9. The normalized spacial score (nSPS) is 15.8. The molecule has 0 amide bonds. The number of carbonyl (C=O) groups excluding carboxylic acids is 1. The van der Waals surface area contributed by atoms with Crippen molar-refractivity contribution in [3.05, 3.63) is 57.1 Å². The zero-order chi connectivity index (χ0) is 22.2. The number of nitrogens with zero attached hydrogens (tertiary/aromatic N) is 4. The number of Topliss-reactive ketones (excluding diaryl/α,β-unsaturated/α-hetero) is 1. The van der Waals surface area contributed by atoms with Gasteiger partial charge in [-0.15, -0.1) is 5.11 Å². The molecule has 0 spiro atoms. The van der Waals surface area contributed by atoms with E-state index in [-0.39, 0.29) is 22.6 Å². The number of rotatable bonds is 5. The van der Waals surface area contributed by atoms with Crippen molar-refractivity contribution in [3.63, 3.8) is 0 Å². The van der Waals surface area contributed by atoms with Gasteiger partial charge in [0, 0.05) is 36.8 Å². The minimum absolute atomic E-state index is 0.113. The molecule has 2 aromatic rings. The molecule has 0 aliphatic carbocycles. The van der Waals surface area contributed by atoms with Crippen LogP contribution in [-0.4, -0.2) is 23.8 Å². The van der Waals surface area contributed by atoms with E-state index < -0.39 is 4.92 Å². The summed E-state index contributed by atoms with van der Waals surface area (Å²) in [4.78, 5) is 26.1. The van der Waals surface area contributed by atoms with Crippen molar-refractivity contribution in [2.75, 3.05) is 18.0 Å². The second kappa shape index (κ2) is 8.21. The van der Waals surface area contributed by atoms with Crippen LogP contribution in [-0.2, 0) is 12.8 Å². The molecule has 2 aromatic carbocycles. The van der Waals surface area contributed by atoms with Crippen molar-refractivity contribution in [1.29, 1.82) is 0 Å². The molecule has 2 heterocycles. The largest absolute Gasteiger partial charge is 0.371 e. The smallest absolute Gasteiger partial charge is 0.297 e. The molecule has 7 nitrogen and oxygen atoms in total. The maximum absolute atomic E-state index is 12.5. The van der Waals surface area contributed by atoms with Crippen molar-refractivity contribution >= 4 is 28.5 Å². The molecule has 0 aromatic heterocycles. The van der Waals surface area contributed by atoms with Gasteiger partial charge in [-0.2, -0.15) is 5.11 Å². The molecule has 7 heteroatoms. The lowest BCUT2D eigenvalue weighted by Gasteiger charge is -2.36. The minimum Gasteiger partial charge on any atom is -0.371 e.